The van der Waals surface area contributed by atoms with Crippen molar-refractivity contribution in [2.24, 2.45) is 5.92 Å². The minimum atomic E-state index is -0.0560. The predicted molar refractivity (Wildman–Crippen MR) is 111 cm³/mol. The van der Waals surface area contributed by atoms with Gasteiger partial charge in [0.15, 0.2) is 0 Å². The highest BCUT2D eigenvalue weighted by molar-refractivity contribution is 6.35. The minimum absolute atomic E-state index is 0.0362. The van der Waals surface area contributed by atoms with Crippen LogP contribution in [0.2, 0.25) is 10.0 Å². The molecular formula is C21H24Cl2N2O2. The van der Waals surface area contributed by atoms with Gasteiger partial charge in [0.1, 0.15) is 5.75 Å². The van der Waals surface area contributed by atoms with Crippen LogP contribution < -0.4 is 10.1 Å². The van der Waals surface area contributed by atoms with E-state index in [1.165, 1.54) is 0 Å². The molecule has 0 radical (unpaired) electrons. The van der Waals surface area contributed by atoms with Crippen LogP contribution in [0.4, 0.5) is 5.69 Å². The summed E-state index contributed by atoms with van der Waals surface area (Å²) >= 11 is 12.3. The first-order valence-electron chi connectivity index (χ1n) is 9.25. The van der Waals surface area contributed by atoms with Gasteiger partial charge in [-0.05, 0) is 56.1 Å². The zero-order valence-electron chi connectivity index (χ0n) is 15.4. The fraction of sp³-hybridized carbons (Fsp3) is 0.381. The molecule has 1 unspecified atom stereocenters. The Morgan fingerprint density at radius 3 is 2.85 bits per heavy atom. The molecule has 1 aliphatic rings. The van der Waals surface area contributed by atoms with E-state index < -0.39 is 0 Å². The lowest BCUT2D eigenvalue weighted by atomic mass is 9.96. The lowest BCUT2D eigenvalue weighted by Gasteiger charge is -2.32. The van der Waals surface area contributed by atoms with Gasteiger partial charge in [-0.1, -0.05) is 41.4 Å². The highest BCUT2D eigenvalue weighted by Crippen LogP contribution is 2.27. The maximum atomic E-state index is 12.8. The van der Waals surface area contributed by atoms with Crippen molar-refractivity contribution in [1.29, 1.82) is 0 Å². The number of amides is 1. The Bertz CT molecular complexity index is 798. The molecule has 144 valence electrons. The molecule has 1 saturated heterocycles. The van der Waals surface area contributed by atoms with Gasteiger partial charge in [-0.25, -0.2) is 0 Å². The first-order valence-corrected chi connectivity index (χ1v) is 10.0. The molecule has 0 bridgehead atoms. The third kappa shape index (κ3) is 5.38. The third-order valence-electron chi connectivity index (χ3n) is 4.73. The molecule has 1 fully saturated rings. The van der Waals surface area contributed by atoms with E-state index in [2.05, 4.69) is 10.2 Å². The van der Waals surface area contributed by atoms with Gasteiger partial charge >= 0.3 is 0 Å². The molecule has 6 heteroatoms. The van der Waals surface area contributed by atoms with E-state index in [9.17, 15) is 4.79 Å². The van der Waals surface area contributed by atoms with Crippen LogP contribution in [0.3, 0.4) is 0 Å². The van der Waals surface area contributed by atoms with Crippen molar-refractivity contribution >= 4 is 34.8 Å². The average molecular weight is 407 g/mol. The SMILES string of the molecule is CCOc1ccccc1NC(=O)C1CCCN(Cc2ccc(Cl)cc2Cl)C1. The fourth-order valence-electron chi connectivity index (χ4n) is 3.39. The maximum Gasteiger partial charge on any atom is 0.228 e. The summed E-state index contributed by atoms with van der Waals surface area (Å²) in [5.74, 6) is 0.683. The molecular weight excluding hydrogens is 383 g/mol. The summed E-state index contributed by atoms with van der Waals surface area (Å²) in [5, 5.41) is 4.33. The maximum absolute atomic E-state index is 12.8. The zero-order valence-corrected chi connectivity index (χ0v) is 16.9. The molecule has 0 aromatic heterocycles. The van der Waals surface area contributed by atoms with Crippen molar-refractivity contribution in [2.75, 3.05) is 25.0 Å². The van der Waals surface area contributed by atoms with E-state index in [0.717, 1.165) is 37.2 Å². The number of nitrogens with one attached hydrogen (secondary N) is 1. The molecule has 2 aromatic carbocycles. The van der Waals surface area contributed by atoms with Gasteiger partial charge in [-0.3, -0.25) is 9.69 Å². The predicted octanol–water partition coefficient (Wildman–Crippen LogP) is 5.24. The molecule has 1 atom stereocenters. The Balaban J connectivity index is 1.63. The van der Waals surface area contributed by atoms with Gasteiger partial charge in [0.2, 0.25) is 5.91 Å². The summed E-state index contributed by atoms with van der Waals surface area (Å²) in [6.07, 6.45) is 1.86. The molecule has 0 aliphatic carbocycles. The second-order valence-electron chi connectivity index (χ2n) is 6.73. The van der Waals surface area contributed by atoms with Crippen molar-refractivity contribution in [3.8, 4) is 5.75 Å². The number of likely N-dealkylation sites (tertiary alicyclic amines) is 1. The van der Waals surface area contributed by atoms with Gasteiger partial charge in [0, 0.05) is 23.1 Å². The summed E-state index contributed by atoms with van der Waals surface area (Å²) in [7, 11) is 0. The number of hydrogen-bond acceptors (Lipinski definition) is 3. The number of anilines is 1. The monoisotopic (exact) mass is 406 g/mol. The Morgan fingerprint density at radius 1 is 1.26 bits per heavy atom. The van der Waals surface area contributed by atoms with E-state index in [4.69, 9.17) is 27.9 Å². The van der Waals surface area contributed by atoms with Gasteiger partial charge in [-0.15, -0.1) is 0 Å². The summed E-state index contributed by atoms with van der Waals surface area (Å²) < 4.78 is 5.60. The normalized spacial score (nSPS) is 17.5. The topological polar surface area (TPSA) is 41.6 Å². The molecule has 27 heavy (non-hydrogen) atoms. The smallest absolute Gasteiger partial charge is 0.228 e. The largest absolute Gasteiger partial charge is 0.492 e. The third-order valence-corrected chi connectivity index (χ3v) is 5.32. The van der Waals surface area contributed by atoms with Crippen LogP contribution in [0.1, 0.15) is 25.3 Å². The van der Waals surface area contributed by atoms with Crippen LogP contribution in [0, 0.1) is 5.92 Å². The molecule has 0 spiro atoms. The molecule has 0 saturated carbocycles. The summed E-state index contributed by atoms with van der Waals surface area (Å²) in [4.78, 5) is 15.1. The fourth-order valence-corrected chi connectivity index (χ4v) is 3.86. The average Bonchev–Trinajstić information content (AvgIpc) is 2.66. The molecule has 1 aliphatic heterocycles. The van der Waals surface area contributed by atoms with E-state index in [1.54, 1.807) is 6.07 Å². The number of carbonyl (C=O) groups excluding carboxylic acids is 1. The number of halogens is 2. The van der Waals surface area contributed by atoms with E-state index in [0.29, 0.717) is 28.9 Å². The summed E-state index contributed by atoms with van der Waals surface area (Å²) in [5.41, 5.74) is 1.76. The number of carbonyl (C=O) groups is 1. The number of hydrogen-bond donors (Lipinski definition) is 1. The number of piperidine rings is 1. The van der Waals surface area contributed by atoms with Crippen LogP contribution in [0.5, 0.6) is 5.75 Å². The van der Waals surface area contributed by atoms with Crippen molar-refractivity contribution in [3.05, 3.63) is 58.1 Å². The van der Waals surface area contributed by atoms with Crippen LogP contribution in [0.25, 0.3) is 0 Å². The number of rotatable bonds is 6. The Morgan fingerprint density at radius 2 is 2.07 bits per heavy atom. The summed E-state index contributed by atoms with van der Waals surface area (Å²) in [6, 6.07) is 13.1. The van der Waals surface area contributed by atoms with Crippen molar-refractivity contribution in [2.45, 2.75) is 26.3 Å². The molecule has 1 amide bonds. The Labute approximate surface area is 170 Å². The first-order chi connectivity index (χ1) is 13.1. The number of para-hydroxylation sites is 2. The number of nitrogens with zero attached hydrogens (tertiary/aromatic N) is 1. The van der Waals surface area contributed by atoms with Crippen LogP contribution in [-0.2, 0) is 11.3 Å². The van der Waals surface area contributed by atoms with Crippen molar-refractivity contribution in [3.63, 3.8) is 0 Å². The standard InChI is InChI=1S/C21H24Cl2N2O2/c1-2-27-20-8-4-3-7-19(20)24-21(26)16-6-5-11-25(14-16)13-15-9-10-17(22)12-18(15)23/h3-4,7-10,12,16H,2,5-6,11,13-14H2,1H3,(H,24,26). The van der Waals surface area contributed by atoms with Crippen molar-refractivity contribution in [1.82, 2.24) is 4.90 Å². The van der Waals surface area contributed by atoms with Crippen LogP contribution in [-0.4, -0.2) is 30.5 Å². The summed E-state index contributed by atoms with van der Waals surface area (Å²) in [6.45, 7) is 4.88. The van der Waals surface area contributed by atoms with Gasteiger partial charge < -0.3 is 10.1 Å². The first kappa shape index (κ1) is 20.0. The molecule has 1 N–H and O–H groups in total. The molecule has 2 aromatic rings. The van der Waals surface area contributed by atoms with E-state index >= 15 is 0 Å². The molecule has 3 rings (SSSR count). The lowest BCUT2D eigenvalue weighted by Crippen LogP contribution is -2.40. The van der Waals surface area contributed by atoms with Crippen LogP contribution in [0.15, 0.2) is 42.5 Å². The lowest BCUT2D eigenvalue weighted by molar-refractivity contribution is -0.121. The van der Waals surface area contributed by atoms with Gasteiger partial charge in [0.05, 0.1) is 18.2 Å². The van der Waals surface area contributed by atoms with E-state index in [1.807, 2.05) is 43.3 Å². The highest BCUT2D eigenvalue weighted by atomic mass is 35.5. The van der Waals surface area contributed by atoms with Crippen LogP contribution >= 0.6 is 23.2 Å². The highest BCUT2D eigenvalue weighted by Gasteiger charge is 2.26. The Kier molecular flexibility index (Phi) is 7.00. The molecule has 4 nitrogen and oxygen atoms in total. The zero-order chi connectivity index (χ0) is 19.2. The van der Waals surface area contributed by atoms with Gasteiger partial charge in [-0.2, -0.15) is 0 Å². The second kappa shape index (κ2) is 9.45. The minimum Gasteiger partial charge on any atom is -0.492 e. The van der Waals surface area contributed by atoms with E-state index in [-0.39, 0.29) is 11.8 Å². The number of ether oxygens (including phenoxy) is 1. The second-order valence-corrected chi connectivity index (χ2v) is 7.57. The Hall–Kier alpha value is -1.75. The number of benzene rings is 2. The van der Waals surface area contributed by atoms with Gasteiger partial charge in [0.25, 0.3) is 0 Å². The molecule has 1 heterocycles. The van der Waals surface area contributed by atoms with Crippen molar-refractivity contribution < 1.29 is 9.53 Å². The quantitative estimate of drug-likeness (QED) is 0.712.